The van der Waals surface area contributed by atoms with Gasteiger partial charge in [0.15, 0.2) is 34.7 Å². The third-order valence-corrected chi connectivity index (χ3v) is 1.25. The van der Waals surface area contributed by atoms with Crippen molar-refractivity contribution in [2.45, 2.75) is 41.5 Å². The summed E-state index contributed by atoms with van der Waals surface area (Å²) in [5, 5.41) is 0. The molecule has 0 aromatic carbocycles. The van der Waals surface area contributed by atoms with E-state index in [1.807, 2.05) is 0 Å². The topological polar surface area (TPSA) is 128 Å². The Hall–Kier alpha value is -1.73. The molecule has 0 saturated carbocycles. The summed E-state index contributed by atoms with van der Waals surface area (Å²) in [6.45, 7) is 9.00. The molecule has 0 bridgehead atoms. The van der Waals surface area contributed by atoms with E-state index in [-0.39, 0.29) is 54.5 Å². The van der Waals surface area contributed by atoms with Crippen molar-refractivity contribution in [3.8, 4) is 0 Å². The molecule has 0 rings (SSSR count). The first-order valence-corrected chi connectivity index (χ1v) is 6.07. The molecular formula is C15H27GaO6+6. The van der Waals surface area contributed by atoms with E-state index in [0.717, 1.165) is 0 Å². The molecule has 0 spiro atoms. The van der Waals surface area contributed by atoms with Crippen LogP contribution in [-0.4, -0.2) is 83.3 Å². The Labute approximate surface area is 144 Å². The fourth-order valence-electron chi connectivity index (χ4n) is 0.907. The van der Waals surface area contributed by atoms with Crippen LogP contribution in [0.3, 0.4) is 0 Å². The van der Waals surface area contributed by atoms with Crippen LogP contribution in [0.4, 0.5) is 0 Å². The Morgan fingerprint density at radius 1 is 0.409 bits per heavy atom. The van der Waals surface area contributed by atoms with E-state index < -0.39 is 0 Å². The minimum absolute atomic E-state index is 0. The molecule has 0 aliphatic heterocycles. The number of carbonyl (C=O) groups excluding carboxylic acids is 6. The van der Waals surface area contributed by atoms with Crippen molar-refractivity contribution in [3.05, 3.63) is 19.3 Å². The average Bonchev–Trinajstić information content (AvgIpc) is 2.10. The van der Waals surface area contributed by atoms with Crippen molar-refractivity contribution < 1.29 is 28.8 Å². The monoisotopic (exact) mass is 372 g/mol. The molecule has 0 aliphatic carbocycles. The number of rotatable bonds is 6. The Morgan fingerprint density at radius 2 is 0.500 bits per heavy atom. The summed E-state index contributed by atoms with van der Waals surface area (Å²) in [7, 11) is 0. The quantitative estimate of drug-likeness (QED) is 0.279. The molecule has 0 saturated heterocycles. The van der Waals surface area contributed by atoms with Gasteiger partial charge in [0.25, 0.3) is 0 Å². The normalized spacial score (nSPS) is 7.36. The van der Waals surface area contributed by atoms with Gasteiger partial charge in [0.05, 0.1) is 0 Å². The van der Waals surface area contributed by atoms with Crippen molar-refractivity contribution in [1.82, 2.24) is 0 Å². The van der Waals surface area contributed by atoms with Gasteiger partial charge in [0.1, 0.15) is 0 Å². The summed E-state index contributed by atoms with van der Waals surface area (Å²) in [5.74, 6) is 0.750. The molecule has 7 heteroatoms. The van der Waals surface area contributed by atoms with Gasteiger partial charge in [-0.05, 0) is 0 Å². The predicted molar refractivity (Wildman–Crippen MR) is 94.4 cm³/mol. The summed E-state index contributed by atoms with van der Waals surface area (Å²) >= 11 is 0. The fraction of sp³-hybridized carbons (Fsp3) is 0.400. The first-order chi connectivity index (χ1) is 9.38. The molecule has 22 heavy (non-hydrogen) atoms. The molecule has 0 radical (unpaired) electrons. The van der Waals surface area contributed by atoms with E-state index >= 15 is 0 Å². The van der Waals surface area contributed by atoms with Gasteiger partial charge in [-0.2, -0.15) is 19.3 Å². The zero-order valence-corrected chi connectivity index (χ0v) is 16.4. The van der Waals surface area contributed by atoms with Crippen molar-refractivity contribution >= 4 is 54.5 Å². The van der Waals surface area contributed by atoms with Crippen LogP contribution < -0.4 is 0 Å². The molecule has 0 amide bonds. The van der Waals surface area contributed by atoms with E-state index in [4.69, 9.17) is 28.8 Å². The molecule has 6 N–H and O–H groups in total. The summed E-state index contributed by atoms with van der Waals surface area (Å²) in [4.78, 5) is 50.4. The number of hydrogen-bond acceptors (Lipinski definition) is 0. The van der Waals surface area contributed by atoms with Gasteiger partial charge in [0.2, 0.25) is 0 Å². The van der Waals surface area contributed by atoms with Crippen molar-refractivity contribution in [2.24, 2.45) is 0 Å². The minimum Gasteiger partial charge on any atom is -0.316 e. The first kappa shape index (κ1) is 28.4. The number of hydrogen-bond donors (Lipinski definition) is 0. The van der Waals surface area contributed by atoms with Crippen LogP contribution in [0, 0.1) is 19.3 Å². The van der Waals surface area contributed by atoms with E-state index in [1.54, 1.807) is 0 Å². The Bertz CT molecular complexity index is 314. The molecule has 0 heterocycles. The van der Waals surface area contributed by atoms with Gasteiger partial charge < -0.3 is 28.8 Å². The molecule has 120 valence electrons. The maximum absolute atomic E-state index is 8.40. The standard InChI is InChI=1S/3C5H7O2.Ga/c3*1-4(6)3-5(2)7;/h3*3H,1-2H3;/q3*-1;+3/p+6. The minimum atomic E-state index is 0. The molecular weight excluding hydrogens is 346 g/mol. The fourth-order valence-corrected chi connectivity index (χ4v) is 0.907. The van der Waals surface area contributed by atoms with E-state index in [9.17, 15) is 0 Å². The zero-order chi connectivity index (χ0) is 17.6. The van der Waals surface area contributed by atoms with Gasteiger partial charge in [-0.15, -0.1) is 0 Å². The maximum Gasteiger partial charge on any atom is 3.00 e. The SMILES string of the molecule is CC(=[OH+])[CH-]C(C)=[OH+].CC(=[OH+])[CH-]C(C)=[OH+].CC(=[OH+])[CH-]C(C)=[OH+].[Ga+3]. The number of ketones is 6. The molecule has 6 nitrogen and oxygen atoms in total. The van der Waals surface area contributed by atoms with E-state index in [0.29, 0.717) is 0 Å². The summed E-state index contributed by atoms with van der Waals surface area (Å²) in [6.07, 6.45) is 3.83. The van der Waals surface area contributed by atoms with Crippen LogP contribution in [0.2, 0.25) is 0 Å². The third-order valence-electron chi connectivity index (χ3n) is 1.25. The first-order valence-electron chi connectivity index (χ1n) is 6.07. The molecule has 0 aliphatic rings. The van der Waals surface area contributed by atoms with Crippen molar-refractivity contribution in [3.63, 3.8) is 0 Å². The van der Waals surface area contributed by atoms with Gasteiger partial charge in [-0.3, -0.25) is 0 Å². The summed E-state index contributed by atoms with van der Waals surface area (Å²) < 4.78 is 0. The largest absolute Gasteiger partial charge is 3.00 e. The van der Waals surface area contributed by atoms with Gasteiger partial charge in [-0.25, -0.2) is 0 Å². The molecule has 0 atom stereocenters. The van der Waals surface area contributed by atoms with Crippen LogP contribution in [-0.2, 0) is 0 Å². The Balaban J connectivity index is -0.000000108. The average molecular weight is 373 g/mol. The predicted octanol–water partition coefficient (Wildman–Crippen LogP) is 0.580. The second-order valence-electron chi connectivity index (χ2n) is 4.28. The summed E-state index contributed by atoms with van der Waals surface area (Å²) in [5.41, 5.74) is 0. The molecule has 0 fully saturated rings. The maximum atomic E-state index is 8.40. The molecule has 0 aromatic rings. The van der Waals surface area contributed by atoms with Gasteiger partial charge in [-0.1, -0.05) is 0 Å². The van der Waals surface area contributed by atoms with Gasteiger partial charge in [0, 0.05) is 41.5 Å². The third kappa shape index (κ3) is 51.7. The van der Waals surface area contributed by atoms with Crippen molar-refractivity contribution in [2.75, 3.05) is 0 Å². The molecule has 0 unspecified atom stereocenters. The molecule has 0 aromatic heterocycles. The van der Waals surface area contributed by atoms with Crippen LogP contribution >= 0.6 is 0 Å². The zero-order valence-electron chi connectivity index (χ0n) is 14.0. The van der Waals surface area contributed by atoms with Crippen LogP contribution in [0.15, 0.2) is 0 Å². The van der Waals surface area contributed by atoms with Gasteiger partial charge >= 0.3 is 19.8 Å². The van der Waals surface area contributed by atoms with Crippen LogP contribution in [0.1, 0.15) is 41.5 Å². The second-order valence-corrected chi connectivity index (χ2v) is 4.28. The van der Waals surface area contributed by atoms with E-state index in [1.165, 1.54) is 60.8 Å². The van der Waals surface area contributed by atoms with E-state index in [2.05, 4.69) is 0 Å². The van der Waals surface area contributed by atoms with Crippen molar-refractivity contribution in [1.29, 1.82) is 0 Å². The smallest absolute Gasteiger partial charge is 0.316 e. The van der Waals surface area contributed by atoms with Crippen LogP contribution in [0.5, 0.6) is 0 Å². The Morgan fingerprint density at radius 3 is 0.500 bits per heavy atom. The second kappa shape index (κ2) is 17.3. The van der Waals surface area contributed by atoms with Crippen LogP contribution in [0.25, 0.3) is 0 Å². The Kier molecular flexibility index (Phi) is 22.4. The summed E-state index contributed by atoms with van der Waals surface area (Å²) in [6, 6.07) is 0.